The Morgan fingerprint density at radius 1 is 1.17 bits per heavy atom. The van der Waals surface area contributed by atoms with Gasteiger partial charge in [0.25, 0.3) is 0 Å². The van der Waals surface area contributed by atoms with Crippen molar-refractivity contribution in [2.75, 3.05) is 0 Å². The number of hydrogen-bond acceptors (Lipinski definition) is 4. The fraction of sp³-hybridized carbons (Fsp3) is 0.280. The van der Waals surface area contributed by atoms with Crippen LogP contribution < -0.4 is 0 Å². The third-order valence-electron chi connectivity index (χ3n) is 7.01. The van der Waals surface area contributed by atoms with Crippen molar-refractivity contribution in [1.29, 1.82) is 0 Å². The summed E-state index contributed by atoms with van der Waals surface area (Å²) in [6.07, 6.45) is 3.08. The number of phenols is 1. The number of allylic oxidation sites excluding steroid dienone is 1. The van der Waals surface area contributed by atoms with Crippen molar-refractivity contribution < 1.29 is 15.0 Å². The summed E-state index contributed by atoms with van der Waals surface area (Å²) in [5.74, 6) is 0.140. The van der Waals surface area contributed by atoms with Gasteiger partial charge < -0.3 is 10.2 Å². The number of nitrogens with one attached hydrogen (secondary N) is 1. The lowest BCUT2D eigenvalue weighted by molar-refractivity contribution is -0.123. The second-order valence-electron chi connectivity index (χ2n) is 8.44. The van der Waals surface area contributed by atoms with Crippen molar-refractivity contribution in [2.45, 2.75) is 31.6 Å². The number of aliphatic hydroxyl groups is 1. The van der Waals surface area contributed by atoms with E-state index in [0.29, 0.717) is 12.0 Å². The number of aromatic nitrogens is 2. The van der Waals surface area contributed by atoms with Crippen molar-refractivity contribution in [3.05, 3.63) is 83.3 Å². The summed E-state index contributed by atoms with van der Waals surface area (Å²) >= 11 is 0. The van der Waals surface area contributed by atoms with Gasteiger partial charge in [-0.25, -0.2) is 0 Å². The monoisotopic (exact) mass is 400 g/mol. The summed E-state index contributed by atoms with van der Waals surface area (Å²) in [4.78, 5) is 12.9. The van der Waals surface area contributed by atoms with Gasteiger partial charge in [0.05, 0.1) is 17.6 Å². The lowest BCUT2D eigenvalue weighted by Crippen LogP contribution is -2.50. The van der Waals surface area contributed by atoms with Crippen LogP contribution in [0, 0.1) is 11.8 Å². The maximum absolute atomic E-state index is 12.9. The number of phenolic OH excluding ortho intramolecular Hbond substituents is 1. The fourth-order valence-corrected chi connectivity index (χ4v) is 5.65. The normalized spacial score (nSPS) is 27.0. The first-order chi connectivity index (χ1) is 14.6. The van der Waals surface area contributed by atoms with Crippen LogP contribution in [0.25, 0.3) is 11.3 Å². The van der Waals surface area contributed by atoms with E-state index in [1.54, 1.807) is 12.1 Å². The summed E-state index contributed by atoms with van der Waals surface area (Å²) in [5.41, 5.74) is 4.96. The molecule has 0 saturated heterocycles. The van der Waals surface area contributed by atoms with Gasteiger partial charge in [-0.3, -0.25) is 9.89 Å². The number of H-pyrrole nitrogens is 1. The summed E-state index contributed by atoms with van der Waals surface area (Å²) in [6, 6.07) is 17.4. The predicted octanol–water partition coefficient (Wildman–Crippen LogP) is 4.68. The lowest BCUT2D eigenvalue weighted by atomic mass is 9.52. The molecular formula is C25H24N2O3. The first kappa shape index (κ1) is 18.7. The molecule has 1 saturated carbocycles. The lowest BCUT2D eigenvalue weighted by Gasteiger charge is -2.49. The third-order valence-corrected chi connectivity index (χ3v) is 7.01. The Morgan fingerprint density at radius 2 is 1.97 bits per heavy atom. The Hall–Kier alpha value is -3.34. The van der Waals surface area contributed by atoms with Crippen molar-refractivity contribution >= 4 is 5.78 Å². The Morgan fingerprint density at radius 3 is 2.70 bits per heavy atom. The van der Waals surface area contributed by atoms with Crippen LogP contribution in [0.3, 0.4) is 0 Å². The molecule has 2 aliphatic carbocycles. The maximum atomic E-state index is 12.9. The quantitative estimate of drug-likeness (QED) is 0.431. The van der Waals surface area contributed by atoms with E-state index in [-0.39, 0.29) is 23.4 Å². The molecule has 2 aromatic carbocycles. The molecule has 0 aliphatic heterocycles. The van der Waals surface area contributed by atoms with Gasteiger partial charge >= 0.3 is 0 Å². The van der Waals surface area contributed by atoms with Gasteiger partial charge in [-0.15, -0.1) is 0 Å². The highest BCUT2D eigenvalue weighted by atomic mass is 16.3. The highest BCUT2D eigenvalue weighted by Gasteiger charge is 2.55. The molecule has 3 N–H and O–H groups in total. The van der Waals surface area contributed by atoms with Crippen LogP contribution in [-0.2, 0) is 16.6 Å². The van der Waals surface area contributed by atoms with Crippen LogP contribution in [0.5, 0.6) is 5.75 Å². The van der Waals surface area contributed by atoms with Crippen LogP contribution in [0.15, 0.2) is 66.4 Å². The van der Waals surface area contributed by atoms with Gasteiger partial charge in [0, 0.05) is 28.0 Å². The summed E-state index contributed by atoms with van der Waals surface area (Å²) in [6.45, 7) is 1.97. The topological polar surface area (TPSA) is 86.2 Å². The van der Waals surface area contributed by atoms with Gasteiger partial charge in [-0.2, -0.15) is 5.10 Å². The van der Waals surface area contributed by atoms with E-state index in [1.165, 1.54) is 0 Å². The summed E-state index contributed by atoms with van der Waals surface area (Å²) < 4.78 is 0. The molecule has 3 atom stereocenters. The number of ketones is 1. The van der Waals surface area contributed by atoms with E-state index in [9.17, 15) is 15.0 Å². The van der Waals surface area contributed by atoms with E-state index in [2.05, 4.69) is 17.2 Å². The van der Waals surface area contributed by atoms with E-state index >= 15 is 0 Å². The number of rotatable bonds is 2. The second kappa shape index (κ2) is 6.87. The highest BCUT2D eigenvalue weighted by Crippen LogP contribution is 2.56. The standard InChI is InChI=1S/C25H24N2O3/c1-15-21-11-10-20-22(16-6-5-9-19(29)12-16)26-27-24(20)25(21,13-17(14-28)23(15)30)18-7-3-2-4-8-18/h2-9,12,14-15,21,28-29H,10-11,13H2,1H3,(H,26,27)/t15-,21-,25+/m0/s1. The first-order valence-corrected chi connectivity index (χ1v) is 10.4. The van der Waals surface area contributed by atoms with Gasteiger partial charge in [0.1, 0.15) is 5.75 Å². The van der Waals surface area contributed by atoms with Crippen molar-refractivity contribution in [1.82, 2.24) is 10.2 Å². The number of fused-ring (bicyclic) bond motifs is 3. The summed E-state index contributed by atoms with van der Waals surface area (Å²) in [5, 5.41) is 27.8. The molecule has 0 amide bonds. The van der Waals surface area contributed by atoms with Crippen molar-refractivity contribution in [2.24, 2.45) is 11.8 Å². The van der Waals surface area contributed by atoms with E-state index in [1.807, 2.05) is 37.3 Å². The molecule has 2 aliphatic rings. The Kier molecular flexibility index (Phi) is 4.28. The average molecular weight is 400 g/mol. The third kappa shape index (κ3) is 2.54. The molecule has 1 fully saturated rings. The van der Waals surface area contributed by atoms with E-state index < -0.39 is 5.41 Å². The minimum Gasteiger partial charge on any atom is -0.515 e. The number of carbonyl (C=O) groups is 1. The molecular weight excluding hydrogens is 376 g/mol. The number of aromatic amines is 1. The number of aliphatic hydroxyl groups excluding tert-OH is 1. The molecule has 0 bridgehead atoms. The zero-order valence-electron chi connectivity index (χ0n) is 16.8. The van der Waals surface area contributed by atoms with Gasteiger partial charge in [0.15, 0.2) is 5.78 Å². The Labute approximate surface area is 175 Å². The maximum Gasteiger partial charge on any atom is 0.165 e. The van der Waals surface area contributed by atoms with E-state index in [4.69, 9.17) is 5.10 Å². The summed E-state index contributed by atoms with van der Waals surface area (Å²) in [7, 11) is 0. The predicted molar refractivity (Wildman–Crippen MR) is 114 cm³/mol. The van der Waals surface area contributed by atoms with Gasteiger partial charge in [0.2, 0.25) is 0 Å². The number of hydrogen-bond donors (Lipinski definition) is 3. The number of benzene rings is 2. The molecule has 152 valence electrons. The van der Waals surface area contributed by atoms with E-state index in [0.717, 1.165) is 47.2 Å². The number of aromatic hydroxyl groups is 1. The number of nitrogens with zero attached hydrogens (tertiary/aromatic N) is 1. The zero-order valence-corrected chi connectivity index (χ0v) is 16.8. The van der Waals surface area contributed by atoms with Crippen LogP contribution in [0.1, 0.15) is 36.6 Å². The Bertz CT molecular complexity index is 1150. The minimum absolute atomic E-state index is 0.0289. The molecule has 1 aromatic heterocycles. The minimum atomic E-state index is -0.484. The average Bonchev–Trinajstić information content (AvgIpc) is 3.21. The molecule has 1 heterocycles. The Balaban J connectivity index is 1.76. The fourth-order valence-electron chi connectivity index (χ4n) is 5.65. The largest absolute Gasteiger partial charge is 0.515 e. The molecule has 5 nitrogen and oxygen atoms in total. The molecule has 0 spiro atoms. The number of carbonyl (C=O) groups excluding carboxylic acids is 1. The first-order valence-electron chi connectivity index (χ1n) is 10.4. The zero-order chi connectivity index (χ0) is 20.9. The number of Topliss-reactive ketones (excluding diaryl/α,β-unsaturated/α-hetero) is 1. The van der Waals surface area contributed by atoms with Crippen LogP contribution in [0.4, 0.5) is 0 Å². The van der Waals surface area contributed by atoms with Crippen LogP contribution in [-0.4, -0.2) is 26.2 Å². The second-order valence-corrected chi connectivity index (χ2v) is 8.44. The molecule has 5 rings (SSSR count). The van der Waals surface area contributed by atoms with Crippen LogP contribution >= 0.6 is 0 Å². The van der Waals surface area contributed by atoms with Crippen LogP contribution in [0.2, 0.25) is 0 Å². The smallest absolute Gasteiger partial charge is 0.165 e. The van der Waals surface area contributed by atoms with Crippen molar-refractivity contribution in [3.8, 4) is 17.0 Å². The molecule has 5 heteroatoms. The van der Waals surface area contributed by atoms with Gasteiger partial charge in [-0.05, 0) is 42.9 Å². The molecule has 3 aromatic rings. The molecule has 0 radical (unpaired) electrons. The van der Waals surface area contributed by atoms with Gasteiger partial charge in [-0.1, -0.05) is 49.4 Å². The molecule has 0 unspecified atom stereocenters. The highest BCUT2D eigenvalue weighted by molar-refractivity contribution is 5.98. The molecule has 30 heavy (non-hydrogen) atoms. The SMILES string of the molecule is C[C@@H]1C(=O)C(=CO)C[C@]2(c3ccccc3)c3n[nH]c(-c4cccc(O)c4)c3CC[C@@H]12. The van der Waals surface area contributed by atoms with Crippen molar-refractivity contribution in [3.63, 3.8) is 0 Å².